The molecule has 7 nitrogen and oxygen atoms in total. The van der Waals surface area contributed by atoms with E-state index in [2.05, 4.69) is 15.2 Å². The van der Waals surface area contributed by atoms with Crippen LogP contribution in [0.5, 0.6) is 11.5 Å². The highest BCUT2D eigenvalue weighted by Gasteiger charge is 2.17. The normalized spacial score (nSPS) is 11.1. The number of anilines is 1. The molecule has 0 saturated heterocycles. The first kappa shape index (κ1) is 19.7. The molecule has 0 aliphatic heterocycles. The van der Waals surface area contributed by atoms with Crippen molar-refractivity contribution < 1.29 is 9.47 Å². The summed E-state index contributed by atoms with van der Waals surface area (Å²) in [5.74, 6) is 2.19. The Hall–Kier alpha value is -3.06. The van der Waals surface area contributed by atoms with Gasteiger partial charge >= 0.3 is 0 Å². The average Bonchev–Trinajstić information content (AvgIpc) is 2.69. The number of methoxy groups -OCH3 is 2. The quantitative estimate of drug-likeness (QED) is 0.707. The molecule has 3 aromatic rings. The van der Waals surface area contributed by atoms with Crippen molar-refractivity contribution in [3.05, 3.63) is 46.5 Å². The summed E-state index contributed by atoms with van der Waals surface area (Å²) in [5.41, 5.74) is 2.71. The third-order valence-corrected chi connectivity index (χ3v) is 4.72. The van der Waals surface area contributed by atoms with E-state index in [4.69, 9.17) is 9.47 Å². The van der Waals surface area contributed by atoms with Gasteiger partial charge < -0.3 is 24.3 Å². The SMILES string of the molecule is CNc1cc2c(-c3cc(OC)c(CN(C)C)c(OC)c3)cn(C)c(=O)c2cn1. The number of aromatic nitrogens is 2. The number of rotatable bonds is 6. The number of pyridine rings is 2. The number of fused-ring (bicyclic) bond motifs is 1. The van der Waals surface area contributed by atoms with Crippen LogP contribution in [-0.4, -0.2) is 49.8 Å². The maximum Gasteiger partial charge on any atom is 0.259 e. The van der Waals surface area contributed by atoms with Crippen LogP contribution in [0.4, 0.5) is 5.82 Å². The Kier molecular flexibility index (Phi) is 5.56. The molecule has 0 saturated carbocycles. The van der Waals surface area contributed by atoms with Gasteiger partial charge in [-0.05, 0) is 37.9 Å². The Morgan fingerprint density at radius 3 is 2.29 bits per heavy atom. The van der Waals surface area contributed by atoms with Crippen molar-refractivity contribution in [2.45, 2.75) is 6.54 Å². The molecule has 148 valence electrons. The van der Waals surface area contributed by atoms with Crippen LogP contribution in [-0.2, 0) is 13.6 Å². The molecule has 0 unspecified atom stereocenters. The molecule has 0 amide bonds. The topological polar surface area (TPSA) is 68.6 Å². The van der Waals surface area contributed by atoms with E-state index < -0.39 is 0 Å². The maximum atomic E-state index is 12.6. The van der Waals surface area contributed by atoms with Crippen LogP contribution < -0.4 is 20.3 Å². The van der Waals surface area contributed by atoms with Crippen LogP contribution in [0.2, 0.25) is 0 Å². The zero-order valence-electron chi connectivity index (χ0n) is 17.2. The average molecular weight is 382 g/mol. The third-order valence-electron chi connectivity index (χ3n) is 4.72. The smallest absolute Gasteiger partial charge is 0.259 e. The van der Waals surface area contributed by atoms with E-state index in [1.165, 1.54) is 0 Å². The van der Waals surface area contributed by atoms with Gasteiger partial charge in [-0.2, -0.15) is 0 Å². The lowest BCUT2D eigenvalue weighted by Gasteiger charge is -2.19. The molecule has 3 rings (SSSR count). The summed E-state index contributed by atoms with van der Waals surface area (Å²) in [4.78, 5) is 18.9. The number of hydrogen-bond acceptors (Lipinski definition) is 6. The first-order chi connectivity index (χ1) is 13.4. The van der Waals surface area contributed by atoms with Crippen molar-refractivity contribution in [1.82, 2.24) is 14.5 Å². The van der Waals surface area contributed by atoms with Crippen molar-refractivity contribution >= 4 is 16.6 Å². The molecule has 0 radical (unpaired) electrons. The third kappa shape index (κ3) is 3.53. The molecular weight excluding hydrogens is 356 g/mol. The van der Waals surface area contributed by atoms with Gasteiger partial charge in [0.15, 0.2) is 0 Å². The first-order valence-corrected chi connectivity index (χ1v) is 8.96. The van der Waals surface area contributed by atoms with Crippen LogP contribution >= 0.6 is 0 Å². The monoisotopic (exact) mass is 382 g/mol. The van der Waals surface area contributed by atoms with Gasteiger partial charge in [0.25, 0.3) is 5.56 Å². The highest BCUT2D eigenvalue weighted by Crippen LogP contribution is 2.37. The Bertz CT molecular complexity index is 1050. The predicted molar refractivity (Wildman–Crippen MR) is 112 cm³/mol. The van der Waals surface area contributed by atoms with Crippen molar-refractivity contribution in [2.24, 2.45) is 7.05 Å². The van der Waals surface area contributed by atoms with E-state index in [1.54, 1.807) is 39.1 Å². The molecule has 2 aromatic heterocycles. The summed E-state index contributed by atoms with van der Waals surface area (Å²) in [6, 6.07) is 5.86. The van der Waals surface area contributed by atoms with Crippen LogP contribution in [0, 0.1) is 0 Å². The van der Waals surface area contributed by atoms with Crippen LogP contribution in [0.25, 0.3) is 21.9 Å². The number of nitrogens with one attached hydrogen (secondary N) is 1. The number of aryl methyl sites for hydroxylation is 1. The zero-order valence-corrected chi connectivity index (χ0v) is 17.2. The fraction of sp³-hybridized carbons (Fsp3) is 0.333. The lowest BCUT2D eigenvalue weighted by molar-refractivity contribution is 0.349. The van der Waals surface area contributed by atoms with Gasteiger partial charge in [0.05, 0.1) is 25.2 Å². The minimum Gasteiger partial charge on any atom is -0.496 e. The van der Waals surface area contributed by atoms with Crippen molar-refractivity contribution in [3.63, 3.8) is 0 Å². The summed E-state index contributed by atoms with van der Waals surface area (Å²) in [6.07, 6.45) is 3.45. The van der Waals surface area contributed by atoms with E-state index in [0.717, 1.165) is 33.6 Å². The van der Waals surface area contributed by atoms with Crippen LogP contribution in [0.3, 0.4) is 0 Å². The molecule has 0 bridgehead atoms. The van der Waals surface area contributed by atoms with Gasteiger partial charge in [-0.3, -0.25) is 4.79 Å². The second kappa shape index (κ2) is 7.90. The molecule has 1 aromatic carbocycles. The second-order valence-electron chi connectivity index (χ2n) is 6.92. The Labute approximate surface area is 164 Å². The van der Waals surface area contributed by atoms with Crippen molar-refractivity contribution in [1.29, 1.82) is 0 Å². The summed E-state index contributed by atoms with van der Waals surface area (Å²) in [5, 5.41) is 4.42. The van der Waals surface area contributed by atoms with E-state index in [0.29, 0.717) is 17.7 Å². The van der Waals surface area contributed by atoms with E-state index in [1.807, 2.05) is 38.5 Å². The number of benzene rings is 1. The van der Waals surface area contributed by atoms with Gasteiger partial charge in [0.2, 0.25) is 0 Å². The molecule has 0 aliphatic carbocycles. The predicted octanol–water partition coefficient (Wildman–Crippen LogP) is 2.72. The van der Waals surface area contributed by atoms with Gasteiger partial charge in [-0.15, -0.1) is 0 Å². The van der Waals surface area contributed by atoms with Gasteiger partial charge in [-0.25, -0.2) is 4.98 Å². The molecule has 0 aliphatic rings. The summed E-state index contributed by atoms with van der Waals surface area (Å²) in [7, 11) is 10.8. The highest BCUT2D eigenvalue weighted by molar-refractivity contribution is 5.97. The molecule has 0 spiro atoms. The van der Waals surface area contributed by atoms with E-state index in [-0.39, 0.29) is 5.56 Å². The molecule has 7 heteroatoms. The minimum absolute atomic E-state index is 0.0861. The minimum atomic E-state index is -0.0861. The van der Waals surface area contributed by atoms with E-state index in [9.17, 15) is 4.79 Å². The van der Waals surface area contributed by atoms with E-state index >= 15 is 0 Å². The molecule has 28 heavy (non-hydrogen) atoms. The van der Waals surface area contributed by atoms with Gasteiger partial charge in [-0.1, -0.05) is 0 Å². The molecular formula is C21H26N4O3. The fourth-order valence-corrected chi connectivity index (χ4v) is 3.34. The summed E-state index contributed by atoms with van der Waals surface area (Å²) < 4.78 is 12.9. The number of nitrogens with zero attached hydrogens (tertiary/aromatic N) is 3. The van der Waals surface area contributed by atoms with Gasteiger partial charge in [0.1, 0.15) is 17.3 Å². The lowest BCUT2D eigenvalue weighted by atomic mass is 9.98. The fourth-order valence-electron chi connectivity index (χ4n) is 3.34. The summed E-state index contributed by atoms with van der Waals surface area (Å²) >= 11 is 0. The molecule has 2 heterocycles. The second-order valence-corrected chi connectivity index (χ2v) is 6.92. The molecule has 0 atom stereocenters. The first-order valence-electron chi connectivity index (χ1n) is 8.96. The lowest BCUT2D eigenvalue weighted by Crippen LogP contribution is -2.17. The van der Waals surface area contributed by atoms with Gasteiger partial charge in [0, 0.05) is 44.0 Å². The standard InChI is InChI=1S/C21H26N4O3/c1-22-20-9-14-15(10-23-20)21(26)25(4)12-16(14)13-7-18(27-5)17(11-24(2)3)19(8-13)28-6/h7-10,12H,11H2,1-6H3,(H,22,23). The Balaban J connectivity index is 2.33. The van der Waals surface area contributed by atoms with Crippen molar-refractivity contribution in [2.75, 3.05) is 40.7 Å². The Morgan fingerprint density at radius 2 is 1.75 bits per heavy atom. The molecule has 1 N–H and O–H groups in total. The van der Waals surface area contributed by atoms with Crippen molar-refractivity contribution in [3.8, 4) is 22.6 Å². The zero-order chi connectivity index (χ0) is 20.4. The highest BCUT2D eigenvalue weighted by atomic mass is 16.5. The van der Waals surface area contributed by atoms with Crippen LogP contribution in [0.1, 0.15) is 5.56 Å². The number of hydrogen-bond donors (Lipinski definition) is 1. The molecule has 0 fully saturated rings. The number of ether oxygens (including phenoxy) is 2. The van der Waals surface area contributed by atoms with Crippen LogP contribution in [0.15, 0.2) is 35.4 Å². The largest absolute Gasteiger partial charge is 0.496 e. The summed E-state index contributed by atoms with van der Waals surface area (Å²) in [6.45, 7) is 0.689. The Morgan fingerprint density at radius 1 is 1.11 bits per heavy atom. The maximum absolute atomic E-state index is 12.6.